The Balaban J connectivity index is 2.34. The Morgan fingerprint density at radius 2 is 2.32 bits per heavy atom. The Bertz CT molecular complexity index is 638. The second kappa shape index (κ2) is 5.27. The maximum absolute atomic E-state index is 11.1. The van der Waals surface area contributed by atoms with Crippen LogP contribution >= 0.6 is 11.6 Å². The highest BCUT2D eigenvalue weighted by molar-refractivity contribution is 6.35. The summed E-state index contributed by atoms with van der Waals surface area (Å²) < 4.78 is 1.62. The molecule has 2 heterocycles. The second-order valence-corrected chi connectivity index (χ2v) is 4.50. The molecule has 0 saturated carbocycles. The lowest BCUT2D eigenvalue weighted by Gasteiger charge is -2.14. The number of amides is 1. The molecule has 0 fully saturated rings. The van der Waals surface area contributed by atoms with Crippen LogP contribution < -0.4 is 5.32 Å². The van der Waals surface area contributed by atoms with Gasteiger partial charge in [-0.15, -0.1) is 0 Å². The van der Waals surface area contributed by atoms with Crippen LogP contribution in [-0.2, 0) is 16.1 Å². The summed E-state index contributed by atoms with van der Waals surface area (Å²) in [6.07, 6.45) is 3.21. The molecule has 2 N–H and O–H groups in total. The lowest BCUT2D eigenvalue weighted by Crippen LogP contribution is -2.42. The zero-order chi connectivity index (χ0) is 14.0. The molecular weight excluding hydrogens is 270 g/mol. The number of nitrogens with zero attached hydrogens (tertiary/aromatic N) is 2. The number of halogens is 1. The van der Waals surface area contributed by atoms with Gasteiger partial charge in [0.25, 0.3) is 0 Å². The Labute approximate surface area is 114 Å². The van der Waals surface area contributed by atoms with Crippen molar-refractivity contribution in [3.05, 3.63) is 29.5 Å². The molecule has 0 aromatic carbocycles. The van der Waals surface area contributed by atoms with Gasteiger partial charge in [-0.3, -0.25) is 4.79 Å². The molecule has 0 aliphatic carbocycles. The molecule has 0 bridgehead atoms. The van der Waals surface area contributed by atoms with Crippen LogP contribution in [0.25, 0.3) is 11.0 Å². The quantitative estimate of drug-likeness (QED) is 0.884. The van der Waals surface area contributed by atoms with Gasteiger partial charge in [0.2, 0.25) is 5.91 Å². The van der Waals surface area contributed by atoms with E-state index in [1.807, 2.05) is 0 Å². The first kappa shape index (κ1) is 13.4. The first-order chi connectivity index (χ1) is 8.99. The van der Waals surface area contributed by atoms with Crippen LogP contribution in [0.1, 0.15) is 6.92 Å². The molecule has 2 rings (SSSR count). The Kier molecular flexibility index (Phi) is 3.71. The van der Waals surface area contributed by atoms with Crippen molar-refractivity contribution in [2.75, 3.05) is 0 Å². The van der Waals surface area contributed by atoms with Crippen molar-refractivity contribution in [2.24, 2.45) is 0 Å². The number of fused-ring (bicyclic) bond motifs is 1. The van der Waals surface area contributed by atoms with E-state index in [0.717, 1.165) is 5.39 Å². The number of hydrogen-bond donors (Lipinski definition) is 2. The fourth-order valence-corrected chi connectivity index (χ4v) is 2.11. The number of carbonyl (C=O) groups excluding carboxylic acids is 1. The molecule has 1 amide bonds. The molecule has 1 unspecified atom stereocenters. The van der Waals surface area contributed by atoms with Crippen LogP contribution in [0.15, 0.2) is 24.5 Å². The van der Waals surface area contributed by atoms with Gasteiger partial charge >= 0.3 is 5.97 Å². The molecular formula is C12H12ClN3O3. The van der Waals surface area contributed by atoms with E-state index in [2.05, 4.69) is 10.3 Å². The number of aromatic nitrogens is 2. The zero-order valence-corrected chi connectivity index (χ0v) is 10.9. The third-order valence-electron chi connectivity index (χ3n) is 2.64. The maximum atomic E-state index is 11.1. The molecule has 100 valence electrons. The highest BCUT2D eigenvalue weighted by atomic mass is 35.5. The van der Waals surface area contributed by atoms with Crippen LogP contribution in [-0.4, -0.2) is 32.6 Å². The van der Waals surface area contributed by atoms with E-state index in [1.54, 1.807) is 29.1 Å². The normalized spacial score (nSPS) is 12.3. The number of nitrogens with one attached hydrogen (secondary N) is 1. The van der Waals surface area contributed by atoms with Crippen molar-refractivity contribution in [3.63, 3.8) is 0 Å². The van der Waals surface area contributed by atoms with Gasteiger partial charge in [-0.1, -0.05) is 11.6 Å². The summed E-state index contributed by atoms with van der Waals surface area (Å²) in [5.41, 5.74) is 0.587. The van der Waals surface area contributed by atoms with Crippen molar-refractivity contribution in [1.82, 2.24) is 14.9 Å². The number of rotatable bonds is 4. The molecule has 0 aliphatic rings. The largest absolute Gasteiger partial charge is 0.480 e. The summed E-state index contributed by atoms with van der Waals surface area (Å²) in [4.78, 5) is 26.3. The van der Waals surface area contributed by atoms with E-state index in [0.29, 0.717) is 10.7 Å². The molecule has 19 heavy (non-hydrogen) atoms. The predicted molar refractivity (Wildman–Crippen MR) is 70.0 cm³/mol. The van der Waals surface area contributed by atoms with Crippen molar-refractivity contribution >= 4 is 34.5 Å². The molecule has 2 aromatic rings. The van der Waals surface area contributed by atoms with Crippen LogP contribution in [0.4, 0.5) is 0 Å². The Morgan fingerprint density at radius 3 is 2.95 bits per heavy atom. The minimum atomic E-state index is -1.11. The molecule has 1 atom stereocenters. The SMILES string of the molecule is CC(=O)NC(Cn1cc(Cl)c2cccnc21)C(=O)O. The van der Waals surface area contributed by atoms with E-state index in [1.165, 1.54) is 6.92 Å². The van der Waals surface area contributed by atoms with Gasteiger partial charge in [-0.25, -0.2) is 9.78 Å². The highest BCUT2D eigenvalue weighted by Gasteiger charge is 2.20. The van der Waals surface area contributed by atoms with Crippen molar-refractivity contribution in [2.45, 2.75) is 19.5 Å². The van der Waals surface area contributed by atoms with Crippen LogP contribution in [0.3, 0.4) is 0 Å². The van der Waals surface area contributed by atoms with Gasteiger partial charge in [-0.05, 0) is 12.1 Å². The molecule has 7 heteroatoms. The monoisotopic (exact) mass is 281 g/mol. The van der Waals surface area contributed by atoms with Crippen LogP contribution in [0.2, 0.25) is 5.02 Å². The van der Waals surface area contributed by atoms with E-state index < -0.39 is 17.9 Å². The first-order valence-electron chi connectivity index (χ1n) is 5.58. The minimum absolute atomic E-state index is 0.0646. The standard InChI is InChI=1S/C12H12ClN3O3/c1-7(17)15-10(12(18)19)6-16-5-9(13)8-3-2-4-14-11(8)16/h2-5,10H,6H2,1H3,(H,15,17)(H,18,19). The van der Waals surface area contributed by atoms with Gasteiger partial charge in [0, 0.05) is 24.7 Å². The fourth-order valence-electron chi connectivity index (χ4n) is 1.85. The molecule has 0 radical (unpaired) electrons. The van der Waals surface area contributed by atoms with Crippen molar-refractivity contribution < 1.29 is 14.7 Å². The van der Waals surface area contributed by atoms with Crippen molar-refractivity contribution in [3.8, 4) is 0 Å². The average molecular weight is 282 g/mol. The van der Waals surface area contributed by atoms with Crippen molar-refractivity contribution in [1.29, 1.82) is 0 Å². The molecule has 0 aliphatic heterocycles. The lowest BCUT2D eigenvalue weighted by molar-refractivity contribution is -0.141. The maximum Gasteiger partial charge on any atom is 0.328 e. The molecule has 0 saturated heterocycles. The van der Waals surface area contributed by atoms with Gasteiger partial charge in [-0.2, -0.15) is 0 Å². The number of hydrogen-bond acceptors (Lipinski definition) is 3. The van der Waals surface area contributed by atoms with E-state index in [-0.39, 0.29) is 6.54 Å². The summed E-state index contributed by atoms with van der Waals surface area (Å²) in [7, 11) is 0. The molecule has 2 aromatic heterocycles. The van der Waals surface area contributed by atoms with E-state index in [4.69, 9.17) is 16.7 Å². The molecule has 6 nitrogen and oxygen atoms in total. The van der Waals surface area contributed by atoms with Gasteiger partial charge in [0.05, 0.1) is 11.6 Å². The number of carboxylic acid groups (broad SMARTS) is 1. The van der Waals surface area contributed by atoms with Gasteiger partial charge in [0.1, 0.15) is 11.7 Å². The average Bonchev–Trinajstić information content (AvgIpc) is 2.66. The number of carbonyl (C=O) groups is 2. The number of aliphatic carboxylic acids is 1. The summed E-state index contributed by atoms with van der Waals surface area (Å²) in [6, 6.07) is 2.53. The number of carboxylic acids is 1. The van der Waals surface area contributed by atoms with Gasteiger partial charge < -0.3 is 15.0 Å². The van der Waals surface area contributed by atoms with E-state index in [9.17, 15) is 9.59 Å². The highest BCUT2D eigenvalue weighted by Crippen LogP contribution is 2.23. The molecule has 0 spiro atoms. The summed E-state index contributed by atoms with van der Waals surface area (Å²) in [6.45, 7) is 1.34. The topological polar surface area (TPSA) is 84.2 Å². The fraction of sp³-hybridized carbons (Fsp3) is 0.250. The van der Waals surface area contributed by atoms with Crippen LogP contribution in [0.5, 0.6) is 0 Å². The minimum Gasteiger partial charge on any atom is -0.480 e. The summed E-state index contributed by atoms with van der Waals surface area (Å²) in [5.74, 6) is -1.51. The summed E-state index contributed by atoms with van der Waals surface area (Å²) in [5, 5.41) is 12.7. The predicted octanol–water partition coefficient (Wildman–Crippen LogP) is 1.28. The first-order valence-corrected chi connectivity index (χ1v) is 5.96. The second-order valence-electron chi connectivity index (χ2n) is 4.10. The van der Waals surface area contributed by atoms with Gasteiger partial charge in [0.15, 0.2) is 0 Å². The van der Waals surface area contributed by atoms with E-state index >= 15 is 0 Å². The third-order valence-corrected chi connectivity index (χ3v) is 2.94. The smallest absolute Gasteiger partial charge is 0.328 e. The summed E-state index contributed by atoms with van der Waals surface area (Å²) >= 11 is 6.05. The zero-order valence-electron chi connectivity index (χ0n) is 10.1. The Hall–Kier alpha value is -2.08. The Morgan fingerprint density at radius 1 is 1.58 bits per heavy atom. The van der Waals surface area contributed by atoms with Crippen LogP contribution in [0, 0.1) is 0 Å². The lowest BCUT2D eigenvalue weighted by atomic mass is 10.3. The third kappa shape index (κ3) is 2.85. The number of pyridine rings is 1.